The molecule has 7 heteroatoms. The first-order chi connectivity index (χ1) is 6.48. The van der Waals surface area contributed by atoms with Gasteiger partial charge in [0.1, 0.15) is 0 Å². The topological polar surface area (TPSA) is 70.8 Å². The highest BCUT2D eigenvalue weighted by Crippen LogP contribution is 2.16. The monoisotopic (exact) mass is 218 g/mol. The summed E-state index contributed by atoms with van der Waals surface area (Å²) in [6, 6.07) is 3.66. The van der Waals surface area contributed by atoms with Gasteiger partial charge in [-0.05, 0) is 12.1 Å². The summed E-state index contributed by atoms with van der Waals surface area (Å²) < 4.78 is 45.8. The third-order valence-corrected chi connectivity index (χ3v) is 2.67. The van der Waals surface area contributed by atoms with Crippen LogP contribution >= 0.6 is 0 Å². The third-order valence-electron chi connectivity index (χ3n) is 1.39. The maximum atomic E-state index is 12.0. The number of rotatable bonds is 2. The normalized spacial score (nSPS) is 11.3. The van der Waals surface area contributed by atoms with Crippen molar-refractivity contribution in [2.45, 2.75) is 10.8 Å². The Morgan fingerprint density at radius 3 is 2.64 bits per heavy atom. The third kappa shape index (κ3) is 1.85. The highest BCUT2D eigenvalue weighted by Gasteiger charge is 2.28. The lowest BCUT2D eigenvalue weighted by Crippen LogP contribution is -2.13. The summed E-state index contributed by atoms with van der Waals surface area (Å²) in [4.78, 5) is 3.26. The molecule has 1 rings (SSSR count). The zero-order valence-corrected chi connectivity index (χ0v) is 7.50. The molecule has 0 aliphatic carbocycles. The summed E-state index contributed by atoms with van der Waals surface area (Å²) in [6.07, 6.45) is 0.994. The second kappa shape index (κ2) is 3.67. The molecule has 0 aromatic carbocycles. The second-order valence-corrected chi connectivity index (χ2v) is 4.16. The maximum absolute atomic E-state index is 12.0. The first-order valence-electron chi connectivity index (χ1n) is 3.36. The lowest BCUT2D eigenvalue weighted by Gasteiger charge is -2.00. The van der Waals surface area contributed by atoms with Gasteiger partial charge >= 0.3 is 5.76 Å². The van der Waals surface area contributed by atoms with E-state index in [0.29, 0.717) is 0 Å². The van der Waals surface area contributed by atoms with E-state index in [4.69, 9.17) is 5.26 Å². The minimum absolute atomic E-state index is 0.0285. The first kappa shape index (κ1) is 10.5. The molecule has 0 bridgehead atoms. The molecule has 1 heterocycles. The van der Waals surface area contributed by atoms with E-state index in [1.54, 1.807) is 6.07 Å². The Labute approximate surface area is 78.7 Å². The van der Waals surface area contributed by atoms with Crippen molar-refractivity contribution in [3.8, 4) is 6.07 Å². The summed E-state index contributed by atoms with van der Waals surface area (Å²) in [5, 5.41) is 7.62. The summed E-state index contributed by atoms with van der Waals surface area (Å²) in [5.74, 6) is -3.52. The average Bonchev–Trinajstić information content (AvgIpc) is 2.17. The van der Waals surface area contributed by atoms with Crippen LogP contribution in [0.25, 0.3) is 0 Å². The van der Waals surface area contributed by atoms with Gasteiger partial charge in [0.25, 0.3) is 9.84 Å². The highest BCUT2D eigenvalue weighted by molar-refractivity contribution is 7.91. The van der Waals surface area contributed by atoms with E-state index in [-0.39, 0.29) is 5.56 Å². The fourth-order valence-electron chi connectivity index (χ4n) is 0.726. The molecular formula is C7H4F2N2O2S. The molecule has 74 valence electrons. The summed E-state index contributed by atoms with van der Waals surface area (Å²) in [6.45, 7) is 0. The van der Waals surface area contributed by atoms with Crippen molar-refractivity contribution in [1.29, 1.82) is 5.26 Å². The SMILES string of the molecule is N#Cc1ccnc(S(=O)(=O)C(F)F)c1. The Kier molecular flexibility index (Phi) is 2.76. The molecule has 0 fully saturated rings. The van der Waals surface area contributed by atoms with Crippen LogP contribution in [-0.4, -0.2) is 19.2 Å². The lowest BCUT2D eigenvalue weighted by molar-refractivity contribution is 0.234. The molecule has 0 spiro atoms. The van der Waals surface area contributed by atoms with Crippen molar-refractivity contribution < 1.29 is 17.2 Å². The van der Waals surface area contributed by atoms with Crippen molar-refractivity contribution in [1.82, 2.24) is 4.98 Å². The number of hydrogen-bond donors (Lipinski definition) is 0. The van der Waals surface area contributed by atoms with Crippen molar-refractivity contribution >= 4 is 9.84 Å². The number of pyridine rings is 1. The fourth-order valence-corrected chi connectivity index (χ4v) is 1.41. The zero-order chi connectivity index (χ0) is 10.8. The minimum Gasteiger partial charge on any atom is -0.244 e. The van der Waals surface area contributed by atoms with Crippen LogP contribution in [0.15, 0.2) is 23.4 Å². The Morgan fingerprint density at radius 2 is 2.14 bits per heavy atom. The molecule has 0 amide bonds. The van der Waals surface area contributed by atoms with Crippen LogP contribution in [0.4, 0.5) is 8.78 Å². The van der Waals surface area contributed by atoms with Gasteiger partial charge in [0, 0.05) is 6.20 Å². The molecular weight excluding hydrogens is 214 g/mol. The lowest BCUT2D eigenvalue weighted by atomic mass is 10.3. The van der Waals surface area contributed by atoms with Crippen molar-refractivity contribution in [2.75, 3.05) is 0 Å². The predicted molar refractivity (Wildman–Crippen MR) is 42.1 cm³/mol. The number of nitrogens with zero attached hydrogens (tertiary/aromatic N) is 2. The van der Waals surface area contributed by atoms with E-state index in [1.807, 2.05) is 0 Å². The van der Waals surface area contributed by atoms with E-state index in [0.717, 1.165) is 12.3 Å². The van der Waals surface area contributed by atoms with Crippen LogP contribution in [-0.2, 0) is 9.84 Å². The van der Waals surface area contributed by atoms with Gasteiger partial charge in [0.05, 0.1) is 11.6 Å². The summed E-state index contributed by atoms with van der Waals surface area (Å²) in [7, 11) is -4.71. The Bertz CT molecular complexity index is 479. The van der Waals surface area contributed by atoms with E-state index in [2.05, 4.69) is 4.98 Å². The highest BCUT2D eigenvalue weighted by atomic mass is 32.2. The molecule has 4 nitrogen and oxygen atoms in total. The van der Waals surface area contributed by atoms with Crippen LogP contribution < -0.4 is 0 Å². The molecule has 0 radical (unpaired) electrons. The van der Waals surface area contributed by atoms with Crippen molar-refractivity contribution in [3.63, 3.8) is 0 Å². The molecule has 0 saturated carbocycles. The summed E-state index contributed by atoms with van der Waals surface area (Å²) >= 11 is 0. The van der Waals surface area contributed by atoms with Gasteiger partial charge in [-0.25, -0.2) is 13.4 Å². The minimum atomic E-state index is -4.71. The molecule has 0 atom stereocenters. The van der Waals surface area contributed by atoms with Crippen LogP contribution in [0.2, 0.25) is 0 Å². The van der Waals surface area contributed by atoms with Gasteiger partial charge in [0.2, 0.25) is 0 Å². The Balaban J connectivity index is 3.29. The first-order valence-corrected chi connectivity index (χ1v) is 4.91. The van der Waals surface area contributed by atoms with Gasteiger partial charge < -0.3 is 0 Å². The van der Waals surface area contributed by atoms with E-state index < -0.39 is 20.6 Å². The van der Waals surface area contributed by atoms with Crippen LogP contribution in [0.5, 0.6) is 0 Å². The molecule has 14 heavy (non-hydrogen) atoms. The molecule has 0 aliphatic rings. The van der Waals surface area contributed by atoms with Crippen LogP contribution in [0, 0.1) is 11.3 Å². The number of alkyl halides is 2. The predicted octanol–water partition coefficient (Wildman–Crippen LogP) is 0.950. The number of halogens is 2. The smallest absolute Gasteiger partial charge is 0.244 e. The standard InChI is InChI=1S/C7H4F2N2O2S/c8-7(9)14(12,13)6-3-5(4-10)1-2-11-6/h1-3,7H. The van der Waals surface area contributed by atoms with Gasteiger partial charge in [0.15, 0.2) is 5.03 Å². The van der Waals surface area contributed by atoms with Crippen molar-refractivity contribution in [2.24, 2.45) is 0 Å². The van der Waals surface area contributed by atoms with E-state index >= 15 is 0 Å². The van der Waals surface area contributed by atoms with Crippen LogP contribution in [0.3, 0.4) is 0 Å². The average molecular weight is 218 g/mol. The second-order valence-electron chi connectivity index (χ2n) is 2.30. The Morgan fingerprint density at radius 1 is 1.50 bits per heavy atom. The molecule has 1 aromatic heterocycles. The van der Waals surface area contributed by atoms with Gasteiger partial charge in [-0.2, -0.15) is 14.0 Å². The Hall–Kier alpha value is -1.55. The maximum Gasteiger partial charge on any atom is 0.342 e. The fraction of sp³-hybridized carbons (Fsp3) is 0.143. The number of aromatic nitrogens is 1. The molecule has 0 unspecified atom stereocenters. The van der Waals surface area contributed by atoms with Gasteiger partial charge in [-0.3, -0.25) is 0 Å². The largest absolute Gasteiger partial charge is 0.342 e. The van der Waals surface area contributed by atoms with Gasteiger partial charge in [-0.1, -0.05) is 0 Å². The molecule has 0 saturated heterocycles. The molecule has 0 N–H and O–H groups in total. The zero-order valence-electron chi connectivity index (χ0n) is 6.68. The molecule has 0 aliphatic heterocycles. The molecule has 1 aromatic rings. The number of hydrogen-bond acceptors (Lipinski definition) is 4. The number of nitriles is 1. The van der Waals surface area contributed by atoms with Crippen LogP contribution in [0.1, 0.15) is 5.56 Å². The quantitative estimate of drug-likeness (QED) is 0.740. The van der Waals surface area contributed by atoms with E-state index in [9.17, 15) is 17.2 Å². The van der Waals surface area contributed by atoms with Crippen molar-refractivity contribution in [3.05, 3.63) is 23.9 Å². The number of sulfone groups is 1. The summed E-state index contributed by atoms with van der Waals surface area (Å²) in [5.41, 5.74) is -0.0285. The van der Waals surface area contributed by atoms with E-state index in [1.165, 1.54) is 6.07 Å². The van der Waals surface area contributed by atoms with Gasteiger partial charge in [-0.15, -0.1) is 0 Å².